The van der Waals surface area contributed by atoms with E-state index in [0.29, 0.717) is 24.5 Å². The summed E-state index contributed by atoms with van der Waals surface area (Å²) in [6.07, 6.45) is 8.41. The van der Waals surface area contributed by atoms with Crippen LogP contribution in [-0.4, -0.2) is 35.2 Å². The lowest BCUT2D eigenvalue weighted by molar-refractivity contribution is -0.984. The van der Waals surface area contributed by atoms with Crippen molar-refractivity contribution in [3.8, 4) is 0 Å². The monoisotopic (exact) mass is 604 g/mol. The van der Waals surface area contributed by atoms with Gasteiger partial charge in [0.05, 0.1) is 25.2 Å². The van der Waals surface area contributed by atoms with Crippen LogP contribution in [0.4, 0.5) is 0 Å². The molecule has 3 aliphatic rings. The van der Waals surface area contributed by atoms with Crippen molar-refractivity contribution < 1.29 is 26.2 Å². The molecule has 4 heteroatoms. The molecule has 2 bridgehead atoms. The van der Waals surface area contributed by atoms with E-state index in [9.17, 15) is 0 Å². The van der Waals surface area contributed by atoms with Gasteiger partial charge in [0.2, 0.25) is 0 Å². The lowest BCUT2D eigenvalue weighted by Gasteiger charge is -2.58. The standard InChI is InChI=1S/C37H37N2O.BrH/c1-3-21-40-37(33-17-19-38-35-16-10-9-15-32(33)35)36-23-27-18-20-39(36,24-26(27)4-2)25-34-30-13-7-5-11-28(30)22-29-12-6-8-14-31(29)34;/h3-17,19,22,26-27,36-37H,1-2,18,20-21,23-25H2;1H/q+1;/p-1/t26-,27-,36-,37+,39?;/m1./s1. The lowest BCUT2D eigenvalue weighted by Crippen LogP contribution is -3.00. The van der Waals surface area contributed by atoms with Gasteiger partial charge in [0.1, 0.15) is 18.7 Å². The fourth-order valence-corrected chi connectivity index (χ4v) is 7.90. The second-order valence-corrected chi connectivity index (χ2v) is 11.8. The van der Waals surface area contributed by atoms with Crippen LogP contribution in [-0.2, 0) is 11.3 Å². The Balaban J connectivity index is 0.00000302. The Labute approximate surface area is 253 Å². The predicted molar refractivity (Wildman–Crippen MR) is 166 cm³/mol. The number of fused-ring (bicyclic) bond motifs is 6. The molecule has 208 valence electrons. The van der Waals surface area contributed by atoms with E-state index in [2.05, 4.69) is 109 Å². The number of para-hydroxylation sites is 1. The van der Waals surface area contributed by atoms with Crippen LogP contribution >= 0.6 is 0 Å². The van der Waals surface area contributed by atoms with Gasteiger partial charge in [0, 0.05) is 35.9 Å². The van der Waals surface area contributed by atoms with Gasteiger partial charge in [-0.3, -0.25) is 4.98 Å². The molecular weight excluding hydrogens is 568 g/mol. The maximum absolute atomic E-state index is 6.80. The van der Waals surface area contributed by atoms with E-state index in [-0.39, 0.29) is 23.1 Å². The van der Waals surface area contributed by atoms with Crippen molar-refractivity contribution >= 4 is 32.4 Å². The summed E-state index contributed by atoms with van der Waals surface area (Å²) in [4.78, 5) is 4.68. The first-order chi connectivity index (χ1) is 19.7. The van der Waals surface area contributed by atoms with E-state index in [1.807, 2.05) is 12.3 Å². The summed E-state index contributed by atoms with van der Waals surface area (Å²) in [5, 5.41) is 6.56. The first-order valence-electron chi connectivity index (χ1n) is 14.6. The summed E-state index contributed by atoms with van der Waals surface area (Å²) >= 11 is 0. The van der Waals surface area contributed by atoms with Gasteiger partial charge in [0.25, 0.3) is 0 Å². The molecule has 3 aliphatic heterocycles. The summed E-state index contributed by atoms with van der Waals surface area (Å²) in [6, 6.07) is 31.2. The molecule has 4 aromatic carbocycles. The van der Waals surface area contributed by atoms with Crippen LogP contribution in [0.15, 0.2) is 116 Å². The topological polar surface area (TPSA) is 22.1 Å². The third-order valence-corrected chi connectivity index (χ3v) is 9.76. The number of quaternary nitrogens is 1. The highest BCUT2D eigenvalue weighted by atomic mass is 79.9. The SMILES string of the molecule is C=CCO[C@@H](c1ccnc2ccccc12)[C@H]1C[C@H]2CC[N+]1(Cc1c3ccccc3cc3ccccc13)C[C@H]2C=C.[Br-]. The Morgan fingerprint density at radius 1 is 0.902 bits per heavy atom. The largest absolute Gasteiger partial charge is 1.00 e. The van der Waals surface area contributed by atoms with Crippen LogP contribution in [0, 0.1) is 11.8 Å². The molecule has 0 N–H and O–H groups in total. The molecule has 5 aromatic rings. The Morgan fingerprint density at radius 2 is 1.59 bits per heavy atom. The summed E-state index contributed by atoms with van der Waals surface area (Å²) < 4.78 is 7.81. The van der Waals surface area contributed by atoms with Crippen LogP contribution < -0.4 is 17.0 Å². The zero-order valence-electron chi connectivity index (χ0n) is 23.5. The fraction of sp³-hybridized carbons (Fsp3) is 0.270. The molecule has 4 heterocycles. The van der Waals surface area contributed by atoms with Crippen molar-refractivity contribution in [1.29, 1.82) is 0 Å². The average Bonchev–Trinajstić information content (AvgIpc) is 3.01. The van der Waals surface area contributed by atoms with Crippen molar-refractivity contribution in [2.45, 2.75) is 31.5 Å². The van der Waals surface area contributed by atoms with E-state index in [1.54, 1.807) is 0 Å². The van der Waals surface area contributed by atoms with E-state index in [1.165, 1.54) is 44.5 Å². The molecule has 3 saturated heterocycles. The summed E-state index contributed by atoms with van der Waals surface area (Å²) in [7, 11) is 0. The van der Waals surface area contributed by atoms with Crippen LogP contribution in [0.2, 0.25) is 0 Å². The van der Waals surface area contributed by atoms with E-state index in [0.717, 1.165) is 36.1 Å². The predicted octanol–water partition coefficient (Wildman–Crippen LogP) is 5.40. The first-order valence-corrected chi connectivity index (χ1v) is 14.6. The van der Waals surface area contributed by atoms with Gasteiger partial charge in [0.15, 0.2) is 0 Å². The van der Waals surface area contributed by atoms with E-state index < -0.39 is 0 Å². The second kappa shape index (κ2) is 11.5. The van der Waals surface area contributed by atoms with Crippen LogP contribution in [0.5, 0.6) is 0 Å². The van der Waals surface area contributed by atoms with Gasteiger partial charge >= 0.3 is 0 Å². The summed E-state index contributed by atoms with van der Waals surface area (Å²) in [5.74, 6) is 1.18. The van der Waals surface area contributed by atoms with Gasteiger partial charge < -0.3 is 26.2 Å². The Morgan fingerprint density at radius 3 is 2.29 bits per heavy atom. The van der Waals surface area contributed by atoms with Crippen molar-refractivity contribution in [3.05, 3.63) is 128 Å². The van der Waals surface area contributed by atoms with Gasteiger partial charge in [-0.05, 0) is 51.2 Å². The van der Waals surface area contributed by atoms with Gasteiger partial charge in [-0.15, -0.1) is 13.2 Å². The highest BCUT2D eigenvalue weighted by Crippen LogP contribution is 2.50. The van der Waals surface area contributed by atoms with Gasteiger partial charge in [-0.1, -0.05) is 78.9 Å². The normalized spacial score (nSPS) is 24.2. The number of nitrogens with zero attached hydrogens (tertiary/aromatic N) is 2. The molecule has 8 rings (SSSR count). The number of piperidine rings is 3. The number of benzene rings is 4. The zero-order valence-corrected chi connectivity index (χ0v) is 25.0. The highest BCUT2D eigenvalue weighted by molar-refractivity contribution is 6.02. The maximum Gasteiger partial charge on any atom is 0.135 e. The minimum atomic E-state index is -0.0410. The smallest absolute Gasteiger partial charge is 0.135 e. The number of pyridine rings is 1. The maximum atomic E-state index is 6.80. The summed E-state index contributed by atoms with van der Waals surface area (Å²) in [5.41, 5.74) is 3.74. The Kier molecular flexibility index (Phi) is 7.82. The molecule has 0 spiro atoms. The number of hydrogen-bond donors (Lipinski definition) is 0. The van der Waals surface area contributed by atoms with Crippen molar-refractivity contribution in [2.24, 2.45) is 11.8 Å². The molecule has 1 unspecified atom stereocenters. The Bertz CT molecular complexity index is 1670. The molecule has 41 heavy (non-hydrogen) atoms. The zero-order chi connectivity index (χ0) is 27.1. The first kappa shape index (κ1) is 27.8. The number of ether oxygens (including phenoxy) is 1. The van der Waals surface area contributed by atoms with Crippen molar-refractivity contribution in [2.75, 3.05) is 19.7 Å². The molecule has 0 amide bonds. The number of rotatable bonds is 8. The minimum absolute atomic E-state index is 0. The molecule has 0 saturated carbocycles. The van der Waals surface area contributed by atoms with Crippen LogP contribution in [0.1, 0.15) is 30.1 Å². The quantitative estimate of drug-likeness (QED) is 0.134. The highest BCUT2D eigenvalue weighted by Gasteiger charge is 2.54. The molecular formula is C37H37BrN2O. The van der Waals surface area contributed by atoms with E-state index in [4.69, 9.17) is 4.74 Å². The van der Waals surface area contributed by atoms with Crippen molar-refractivity contribution in [1.82, 2.24) is 4.98 Å². The molecule has 1 aromatic heterocycles. The lowest BCUT2D eigenvalue weighted by atomic mass is 9.70. The molecule has 0 radical (unpaired) electrons. The van der Waals surface area contributed by atoms with Crippen LogP contribution in [0.25, 0.3) is 32.4 Å². The number of halogens is 1. The van der Waals surface area contributed by atoms with Crippen LogP contribution in [0.3, 0.4) is 0 Å². The molecule has 3 fully saturated rings. The molecule has 0 aliphatic carbocycles. The summed E-state index contributed by atoms with van der Waals surface area (Å²) in [6.45, 7) is 12.1. The number of aromatic nitrogens is 1. The second-order valence-electron chi connectivity index (χ2n) is 11.8. The molecule has 5 atom stereocenters. The van der Waals surface area contributed by atoms with Gasteiger partial charge in [-0.2, -0.15) is 0 Å². The third-order valence-electron chi connectivity index (χ3n) is 9.76. The Hall–Kier alpha value is -3.31. The van der Waals surface area contributed by atoms with Gasteiger partial charge in [-0.25, -0.2) is 0 Å². The minimum Gasteiger partial charge on any atom is -1.00 e. The average molecular weight is 606 g/mol. The third kappa shape index (κ3) is 4.82. The molecule has 3 nitrogen and oxygen atoms in total. The fourth-order valence-electron chi connectivity index (χ4n) is 7.90. The van der Waals surface area contributed by atoms with Crippen molar-refractivity contribution in [3.63, 3.8) is 0 Å². The van der Waals surface area contributed by atoms with E-state index >= 15 is 0 Å². The number of hydrogen-bond acceptors (Lipinski definition) is 2.